The lowest BCUT2D eigenvalue weighted by molar-refractivity contribution is -0.154. The number of halogens is 3. The number of rotatable bonds is 8. The molecule has 0 spiro atoms. The molecule has 12 heteroatoms. The first-order valence-corrected chi connectivity index (χ1v) is 8.91. The summed E-state index contributed by atoms with van der Waals surface area (Å²) in [5, 5.41) is 5.15. The zero-order valence-electron chi connectivity index (χ0n) is 15.8. The van der Waals surface area contributed by atoms with Crippen LogP contribution < -0.4 is 20.1 Å². The maximum atomic E-state index is 12.4. The average Bonchev–Trinajstić information content (AvgIpc) is 3.56. The second-order valence-electron chi connectivity index (χ2n) is 6.43. The van der Waals surface area contributed by atoms with Crippen LogP contribution in [0, 0.1) is 5.92 Å². The summed E-state index contributed by atoms with van der Waals surface area (Å²) in [6, 6.07) is 4.05. The summed E-state index contributed by atoms with van der Waals surface area (Å²) in [5.74, 6) is -0.977. The molecular weight excluding hydrogens is 407 g/mol. The molecule has 2 N–H and O–H groups in total. The zero-order valence-corrected chi connectivity index (χ0v) is 15.8. The van der Waals surface area contributed by atoms with Gasteiger partial charge < -0.3 is 14.8 Å². The Labute approximate surface area is 169 Å². The fourth-order valence-electron chi connectivity index (χ4n) is 2.37. The van der Waals surface area contributed by atoms with Crippen molar-refractivity contribution in [2.24, 2.45) is 5.92 Å². The topological polar surface area (TPSA) is 115 Å². The van der Waals surface area contributed by atoms with Crippen LogP contribution in [0.1, 0.15) is 28.9 Å². The summed E-state index contributed by atoms with van der Waals surface area (Å²) >= 11 is 0. The van der Waals surface area contributed by atoms with Crippen LogP contribution in [0.5, 0.6) is 11.8 Å². The molecule has 160 valence electrons. The fourth-order valence-corrected chi connectivity index (χ4v) is 2.37. The Morgan fingerprint density at radius 3 is 2.63 bits per heavy atom. The molecule has 2 heterocycles. The molecule has 0 saturated heterocycles. The molecule has 9 nitrogen and oxygen atoms in total. The van der Waals surface area contributed by atoms with Gasteiger partial charge in [0.15, 0.2) is 6.61 Å². The van der Waals surface area contributed by atoms with E-state index in [-0.39, 0.29) is 41.8 Å². The normalized spacial score (nSPS) is 13.5. The molecule has 30 heavy (non-hydrogen) atoms. The van der Waals surface area contributed by atoms with Gasteiger partial charge in [-0.05, 0) is 25.0 Å². The second kappa shape index (κ2) is 8.93. The van der Waals surface area contributed by atoms with E-state index in [2.05, 4.69) is 30.3 Å². The number of anilines is 1. The van der Waals surface area contributed by atoms with Gasteiger partial charge in [-0.2, -0.15) is 18.2 Å². The van der Waals surface area contributed by atoms with Crippen LogP contribution in [0.4, 0.5) is 19.1 Å². The maximum absolute atomic E-state index is 12.4. The number of hydrogen-bond donors (Lipinski definition) is 2. The number of aromatic nitrogens is 3. The molecule has 0 radical (unpaired) electrons. The number of amides is 2. The molecule has 0 bridgehead atoms. The molecule has 0 aliphatic heterocycles. The molecule has 1 aliphatic carbocycles. The van der Waals surface area contributed by atoms with Crippen LogP contribution in [0.3, 0.4) is 0 Å². The second-order valence-corrected chi connectivity index (χ2v) is 6.43. The van der Waals surface area contributed by atoms with E-state index >= 15 is 0 Å². The van der Waals surface area contributed by atoms with Crippen molar-refractivity contribution in [3.05, 3.63) is 35.7 Å². The number of nitrogens with zero attached hydrogens (tertiary/aromatic N) is 3. The first-order chi connectivity index (χ1) is 14.2. The average molecular weight is 425 g/mol. The molecule has 2 amide bonds. The van der Waals surface area contributed by atoms with Gasteiger partial charge in [-0.1, -0.05) is 0 Å². The number of carbonyl (C=O) groups is 2. The van der Waals surface area contributed by atoms with Gasteiger partial charge in [0.1, 0.15) is 5.69 Å². The number of ether oxygens (including phenoxy) is 2. The van der Waals surface area contributed by atoms with Crippen molar-refractivity contribution in [2.45, 2.75) is 25.6 Å². The van der Waals surface area contributed by atoms with Crippen LogP contribution in [0.25, 0.3) is 0 Å². The van der Waals surface area contributed by atoms with Gasteiger partial charge in [-0.15, -0.1) is 0 Å². The monoisotopic (exact) mass is 425 g/mol. The molecule has 0 aromatic carbocycles. The van der Waals surface area contributed by atoms with Gasteiger partial charge in [0.25, 0.3) is 5.91 Å². The van der Waals surface area contributed by atoms with Crippen molar-refractivity contribution in [2.75, 3.05) is 19.0 Å². The van der Waals surface area contributed by atoms with Crippen molar-refractivity contribution < 1.29 is 32.2 Å². The predicted molar refractivity (Wildman–Crippen MR) is 96.9 cm³/mol. The summed E-state index contributed by atoms with van der Waals surface area (Å²) in [6.07, 6.45) is -1.50. The standard InChI is InChI=1S/C18H18F3N5O4/c1-29-16-11(4-5-13(25-16)30-9-18(19,20)21)8-23-15(28)12-6-7-22-17(24-12)26-14(27)10-2-3-10/h4-7,10H,2-3,8-9H2,1H3,(H,23,28)(H,22,24,26,27). The number of alkyl halides is 3. The van der Waals surface area contributed by atoms with Crippen LogP contribution in [-0.2, 0) is 11.3 Å². The zero-order chi connectivity index (χ0) is 21.7. The molecule has 3 rings (SSSR count). The smallest absolute Gasteiger partial charge is 0.422 e. The largest absolute Gasteiger partial charge is 0.481 e. The lowest BCUT2D eigenvalue weighted by atomic mass is 10.2. The Hall–Kier alpha value is -3.44. The number of hydrogen-bond acceptors (Lipinski definition) is 7. The minimum Gasteiger partial charge on any atom is -0.481 e. The Balaban J connectivity index is 1.60. The van der Waals surface area contributed by atoms with E-state index in [9.17, 15) is 22.8 Å². The fraction of sp³-hybridized carbons (Fsp3) is 0.389. The van der Waals surface area contributed by atoms with Crippen LogP contribution in [0.15, 0.2) is 24.4 Å². The summed E-state index contributed by atoms with van der Waals surface area (Å²) in [6.45, 7) is -1.51. The molecule has 1 fully saturated rings. The van der Waals surface area contributed by atoms with Gasteiger partial charge in [0.2, 0.25) is 23.6 Å². The van der Waals surface area contributed by atoms with Gasteiger partial charge >= 0.3 is 6.18 Å². The van der Waals surface area contributed by atoms with E-state index in [1.54, 1.807) is 0 Å². The summed E-state index contributed by atoms with van der Waals surface area (Å²) in [7, 11) is 1.29. The summed E-state index contributed by atoms with van der Waals surface area (Å²) in [4.78, 5) is 35.9. The van der Waals surface area contributed by atoms with Crippen molar-refractivity contribution in [1.29, 1.82) is 0 Å². The molecule has 2 aromatic heterocycles. The number of carbonyl (C=O) groups excluding carboxylic acids is 2. The van der Waals surface area contributed by atoms with E-state index in [4.69, 9.17) is 4.74 Å². The molecular formula is C18H18F3N5O4. The maximum Gasteiger partial charge on any atom is 0.422 e. The first kappa shape index (κ1) is 21.3. The molecule has 1 aliphatic rings. The third-order valence-corrected chi connectivity index (χ3v) is 4.00. The highest BCUT2D eigenvalue weighted by atomic mass is 19.4. The molecule has 1 saturated carbocycles. The highest BCUT2D eigenvalue weighted by Crippen LogP contribution is 2.29. The Bertz CT molecular complexity index is 934. The van der Waals surface area contributed by atoms with E-state index in [1.807, 2.05) is 0 Å². The van der Waals surface area contributed by atoms with E-state index < -0.39 is 18.7 Å². The van der Waals surface area contributed by atoms with Crippen molar-refractivity contribution in [3.63, 3.8) is 0 Å². The number of methoxy groups -OCH3 is 1. The van der Waals surface area contributed by atoms with Crippen LogP contribution in [0.2, 0.25) is 0 Å². The predicted octanol–water partition coefficient (Wildman–Crippen LogP) is 2.10. The van der Waals surface area contributed by atoms with Gasteiger partial charge in [0, 0.05) is 30.3 Å². The number of nitrogens with one attached hydrogen (secondary N) is 2. The third kappa shape index (κ3) is 6.03. The van der Waals surface area contributed by atoms with E-state index in [0.717, 1.165) is 12.8 Å². The minimum absolute atomic E-state index is 0.00930. The Morgan fingerprint density at radius 1 is 1.20 bits per heavy atom. The Kier molecular flexibility index (Phi) is 6.33. The third-order valence-electron chi connectivity index (χ3n) is 4.00. The highest BCUT2D eigenvalue weighted by molar-refractivity contribution is 5.94. The lowest BCUT2D eigenvalue weighted by Gasteiger charge is -2.12. The van der Waals surface area contributed by atoms with Gasteiger partial charge in [-0.3, -0.25) is 14.9 Å². The van der Waals surface area contributed by atoms with Crippen molar-refractivity contribution >= 4 is 17.8 Å². The van der Waals surface area contributed by atoms with E-state index in [1.165, 1.54) is 31.5 Å². The lowest BCUT2D eigenvalue weighted by Crippen LogP contribution is -2.25. The SMILES string of the molecule is COc1nc(OCC(F)(F)F)ccc1CNC(=O)c1ccnc(NC(=O)C2CC2)n1. The van der Waals surface area contributed by atoms with E-state index in [0.29, 0.717) is 5.56 Å². The first-order valence-electron chi connectivity index (χ1n) is 8.91. The van der Waals surface area contributed by atoms with Crippen LogP contribution in [-0.4, -0.2) is 46.7 Å². The molecule has 0 unspecified atom stereocenters. The number of pyridine rings is 1. The summed E-state index contributed by atoms with van der Waals surface area (Å²) in [5.41, 5.74) is 0.453. The van der Waals surface area contributed by atoms with Crippen molar-refractivity contribution in [1.82, 2.24) is 20.3 Å². The highest BCUT2D eigenvalue weighted by Gasteiger charge is 2.30. The van der Waals surface area contributed by atoms with Gasteiger partial charge in [-0.25, -0.2) is 9.97 Å². The minimum atomic E-state index is -4.49. The van der Waals surface area contributed by atoms with Crippen LogP contribution >= 0.6 is 0 Å². The summed E-state index contributed by atoms with van der Waals surface area (Å²) < 4.78 is 46.4. The van der Waals surface area contributed by atoms with Crippen molar-refractivity contribution in [3.8, 4) is 11.8 Å². The molecule has 2 aromatic rings. The molecule has 0 atom stereocenters. The van der Waals surface area contributed by atoms with Gasteiger partial charge in [0.05, 0.1) is 7.11 Å². The quantitative estimate of drug-likeness (QED) is 0.666. The Morgan fingerprint density at radius 2 is 1.97 bits per heavy atom.